The first kappa shape index (κ1) is 31.1. The van der Waals surface area contributed by atoms with Crippen LogP contribution in [0.5, 0.6) is 0 Å². The van der Waals surface area contributed by atoms with Crippen molar-refractivity contribution in [2.75, 3.05) is 32.8 Å². The number of fused-ring (bicyclic) bond motifs is 1. The molecule has 226 valence electrons. The van der Waals surface area contributed by atoms with Crippen molar-refractivity contribution in [3.8, 4) is 12.3 Å². The Morgan fingerprint density at radius 2 is 1.81 bits per heavy atom. The predicted octanol–water partition coefficient (Wildman–Crippen LogP) is 2.88. The highest BCUT2D eigenvalue weighted by atomic mass is 16.5. The maximum Gasteiger partial charge on any atom is 0.407 e. The SMILES string of the molecule is C#CCN1CC(=O)N2[C@@H](CCCNC(=O)OCC=C)C(=O)N([C@@H](C)c3ccccc3)C[C@@H]2N1C(=O)NCc1ccccc1. The number of carbonyl (C=O) groups is 4. The third kappa shape index (κ3) is 7.53. The zero-order valence-corrected chi connectivity index (χ0v) is 24.4. The summed E-state index contributed by atoms with van der Waals surface area (Å²) in [6, 6.07) is 17.5. The Morgan fingerprint density at radius 3 is 2.49 bits per heavy atom. The second-order valence-electron chi connectivity index (χ2n) is 10.3. The van der Waals surface area contributed by atoms with Gasteiger partial charge in [0.25, 0.3) is 0 Å². The number of hydrogen-bond acceptors (Lipinski definition) is 6. The molecule has 0 bridgehead atoms. The zero-order chi connectivity index (χ0) is 30.8. The molecule has 4 rings (SSSR count). The molecule has 5 amide bonds. The van der Waals surface area contributed by atoms with Crippen LogP contribution in [0.3, 0.4) is 0 Å². The molecule has 43 heavy (non-hydrogen) atoms. The lowest BCUT2D eigenvalue weighted by atomic mass is 9.98. The third-order valence-electron chi connectivity index (χ3n) is 7.55. The Labute approximate surface area is 252 Å². The number of rotatable bonds is 11. The van der Waals surface area contributed by atoms with E-state index in [0.717, 1.165) is 11.1 Å². The summed E-state index contributed by atoms with van der Waals surface area (Å²) >= 11 is 0. The Balaban J connectivity index is 1.61. The highest BCUT2D eigenvalue weighted by molar-refractivity contribution is 5.91. The van der Waals surface area contributed by atoms with Crippen molar-refractivity contribution < 1.29 is 23.9 Å². The molecule has 2 heterocycles. The molecular formula is C32H38N6O5. The van der Waals surface area contributed by atoms with Gasteiger partial charge in [-0.1, -0.05) is 79.2 Å². The van der Waals surface area contributed by atoms with E-state index < -0.39 is 24.3 Å². The summed E-state index contributed by atoms with van der Waals surface area (Å²) in [4.78, 5) is 56.5. The molecule has 2 aliphatic heterocycles. The average Bonchev–Trinajstić information content (AvgIpc) is 3.02. The van der Waals surface area contributed by atoms with Gasteiger partial charge in [-0.25, -0.2) is 14.6 Å². The van der Waals surface area contributed by atoms with Gasteiger partial charge in [-0.15, -0.1) is 6.42 Å². The maximum atomic E-state index is 14.0. The second-order valence-corrected chi connectivity index (χ2v) is 10.3. The van der Waals surface area contributed by atoms with E-state index in [0.29, 0.717) is 6.42 Å². The quantitative estimate of drug-likeness (QED) is 0.238. The molecule has 2 aromatic rings. The predicted molar refractivity (Wildman–Crippen MR) is 161 cm³/mol. The van der Waals surface area contributed by atoms with Gasteiger partial charge in [0.05, 0.1) is 25.7 Å². The van der Waals surface area contributed by atoms with Crippen molar-refractivity contribution in [1.82, 2.24) is 30.5 Å². The van der Waals surface area contributed by atoms with Gasteiger partial charge in [0, 0.05) is 13.1 Å². The topological polar surface area (TPSA) is 115 Å². The molecular weight excluding hydrogens is 548 g/mol. The van der Waals surface area contributed by atoms with Crippen LogP contribution < -0.4 is 10.6 Å². The first-order valence-electron chi connectivity index (χ1n) is 14.3. The number of terminal acetylenes is 1. The van der Waals surface area contributed by atoms with Gasteiger partial charge in [0.15, 0.2) is 0 Å². The normalized spacial score (nSPS) is 19.2. The van der Waals surface area contributed by atoms with Crippen LogP contribution in [0.15, 0.2) is 73.3 Å². The van der Waals surface area contributed by atoms with E-state index in [1.165, 1.54) is 16.0 Å². The van der Waals surface area contributed by atoms with E-state index in [-0.39, 0.29) is 63.6 Å². The first-order valence-corrected chi connectivity index (χ1v) is 14.3. The number of ether oxygens (including phenoxy) is 1. The third-order valence-corrected chi connectivity index (χ3v) is 7.55. The van der Waals surface area contributed by atoms with E-state index in [2.05, 4.69) is 23.1 Å². The van der Waals surface area contributed by atoms with E-state index >= 15 is 0 Å². The van der Waals surface area contributed by atoms with Crippen molar-refractivity contribution in [1.29, 1.82) is 0 Å². The van der Waals surface area contributed by atoms with E-state index in [4.69, 9.17) is 11.2 Å². The van der Waals surface area contributed by atoms with E-state index in [9.17, 15) is 19.2 Å². The van der Waals surface area contributed by atoms with Crippen LogP contribution in [0.4, 0.5) is 9.59 Å². The molecule has 0 spiro atoms. The number of benzene rings is 2. The number of amides is 5. The number of hydrazine groups is 1. The summed E-state index contributed by atoms with van der Waals surface area (Å²) < 4.78 is 4.95. The van der Waals surface area contributed by atoms with Gasteiger partial charge in [-0.2, -0.15) is 5.01 Å². The summed E-state index contributed by atoms with van der Waals surface area (Å²) in [6.07, 6.45) is 6.41. The lowest BCUT2D eigenvalue weighted by Gasteiger charge is -2.55. The molecule has 0 unspecified atom stereocenters. The number of carbonyl (C=O) groups excluding carboxylic acids is 4. The number of alkyl carbamates (subject to hydrolysis) is 1. The van der Waals surface area contributed by atoms with Gasteiger partial charge < -0.3 is 25.2 Å². The lowest BCUT2D eigenvalue weighted by Crippen LogP contribution is -2.76. The lowest BCUT2D eigenvalue weighted by molar-refractivity contribution is -0.191. The number of nitrogens with one attached hydrogen (secondary N) is 2. The maximum absolute atomic E-state index is 14.0. The minimum absolute atomic E-state index is 0.0401. The molecule has 11 heteroatoms. The fourth-order valence-corrected chi connectivity index (χ4v) is 5.46. The van der Waals surface area contributed by atoms with E-state index in [1.807, 2.05) is 67.6 Å². The molecule has 2 aromatic carbocycles. The standard InChI is InChI=1S/C32H38N6O5/c1-4-19-35-23-29(39)37-27(17-12-18-33-32(42)43-20-5-2)30(40)36(24(3)26-15-10-7-11-16-26)22-28(37)38(35)31(41)34-21-25-13-8-6-9-14-25/h1,5-11,13-16,24,27-28H,2,12,17-23H2,3H3,(H,33,42)(H,34,41)/t24-,27-,28-/m0/s1. The first-order chi connectivity index (χ1) is 20.8. The zero-order valence-electron chi connectivity index (χ0n) is 24.4. The molecule has 2 aliphatic rings. The van der Waals surface area contributed by atoms with Crippen LogP contribution in [0, 0.1) is 12.3 Å². The largest absolute Gasteiger partial charge is 0.445 e. The summed E-state index contributed by atoms with van der Waals surface area (Å²) in [5.41, 5.74) is 1.84. The highest BCUT2D eigenvalue weighted by Gasteiger charge is 2.51. The average molecular weight is 587 g/mol. The molecule has 0 aliphatic carbocycles. The van der Waals surface area contributed by atoms with Gasteiger partial charge in [0.1, 0.15) is 18.8 Å². The summed E-state index contributed by atoms with van der Waals surface area (Å²) in [5.74, 6) is 2.04. The highest BCUT2D eigenvalue weighted by Crippen LogP contribution is 2.33. The van der Waals surface area contributed by atoms with Crippen molar-refractivity contribution in [2.45, 2.75) is 44.6 Å². The molecule has 0 saturated carbocycles. The van der Waals surface area contributed by atoms with Crippen molar-refractivity contribution in [3.05, 3.63) is 84.4 Å². The molecule has 11 nitrogen and oxygen atoms in total. The van der Waals surface area contributed by atoms with Gasteiger partial charge in [-0.3, -0.25) is 9.59 Å². The molecule has 3 atom stereocenters. The molecule has 0 aromatic heterocycles. The van der Waals surface area contributed by atoms with Crippen molar-refractivity contribution in [2.24, 2.45) is 0 Å². The van der Waals surface area contributed by atoms with Crippen molar-refractivity contribution in [3.63, 3.8) is 0 Å². The summed E-state index contributed by atoms with van der Waals surface area (Å²) in [7, 11) is 0. The molecule has 0 radical (unpaired) electrons. The van der Waals surface area contributed by atoms with Crippen LogP contribution in [-0.4, -0.2) is 88.7 Å². The summed E-state index contributed by atoms with van der Waals surface area (Å²) in [5, 5.41) is 8.65. The Kier molecular flexibility index (Phi) is 10.8. The molecule has 2 N–H and O–H groups in total. The van der Waals surface area contributed by atoms with Crippen LogP contribution in [0.2, 0.25) is 0 Å². The van der Waals surface area contributed by atoms with Crippen LogP contribution >= 0.6 is 0 Å². The Hall–Kier alpha value is -4.82. The van der Waals surface area contributed by atoms with Crippen LogP contribution in [-0.2, 0) is 20.9 Å². The molecule has 2 saturated heterocycles. The smallest absolute Gasteiger partial charge is 0.407 e. The monoisotopic (exact) mass is 586 g/mol. The fourth-order valence-electron chi connectivity index (χ4n) is 5.46. The van der Waals surface area contributed by atoms with Gasteiger partial charge >= 0.3 is 12.1 Å². The van der Waals surface area contributed by atoms with Crippen molar-refractivity contribution >= 4 is 23.9 Å². The van der Waals surface area contributed by atoms with Gasteiger partial charge in [-0.05, 0) is 30.9 Å². The van der Waals surface area contributed by atoms with E-state index in [1.54, 1.807) is 9.91 Å². The second kappa shape index (κ2) is 14.9. The minimum atomic E-state index is -0.846. The minimum Gasteiger partial charge on any atom is -0.445 e. The van der Waals surface area contributed by atoms with Crippen LogP contribution in [0.1, 0.15) is 36.9 Å². The number of urea groups is 1. The van der Waals surface area contributed by atoms with Crippen LogP contribution in [0.25, 0.3) is 0 Å². The molecule has 2 fully saturated rings. The summed E-state index contributed by atoms with van der Waals surface area (Å²) in [6.45, 7) is 6.04. The fraction of sp³-hybridized carbons (Fsp3) is 0.375. The Bertz CT molecular complexity index is 1330. The Morgan fingerprint density at radius 1 is 1.12 bits per heavy atom. The number of nitrogens with zero attached hydrogens (tertiary/aromatic N) is 4. The number of hydrogen-bond donors (Lipinski definition) is 2. The van der Waals surface area contributed by atoms with Gasteiger partial charge in [0.2, 0.25) is 11.8 Å². The number of piperazine rings is 1.